The molecule has 0 saturated heterocycles. The molecule has 186 valence electrons. The molecule has 0 saturated carbocycles. The molecule has 0 radical (unpaired) electrons. The summed E-state index contributed by atoms with van der Waals surface area (Å²) >= 11 is 0. The lowest BCUT2D eigenvalue weighted by Crippen LogP contribution is -2.38. The van der Waals surface area contributed by atoms with Crippen LogP contribution in [0.1, 0.15) is 90.0 Å². The van der Waals surface area contributed by atoms with Crippen molar-refractivity contribution < 1.29 is 19.4 Å². The molecule has 0 aliphatic rings. The fraction of sp³-hybridized carbons (Fsp3) is 0.567. The molecule has 0 spiro atoms. The Bertz CT molecular complexity index is 921. The summed E-state index contributed by atoms with van der Waals surface area (Å²) < 4.78 is 11.8. The molecule has 2 rings (SSSR count). The Hall–Kier alpha value is -2.35. The number of aliphatic hydroxyl groups excluding tert-OH is 1. The summed E-state index contributed by atoms with van der Waals surface area (Å²) in [5, 5.41) is 11.0. The Labute approximate surface area is 206 Å². The minimum Gasteiger partial charge on any atom is -0.447 e. The van der Waals surface area contributed by atoms with Crippen molar-refractivity contribution in [2.75, 3.05) is 13.7 Å². The second kappa shape index (κ2) is 15.5. The highest BCUT2D eigenvalue weighted by molar-refractivity contribution is 5.92. The number of methoxy groups -OCH3 is 1. The van der Waals surface area contributed by atoms with Gasteiger partial charge in [-0.05, 0) is 43.4 Å². The van der Waals surface area contributed by atoms with E-state index < -0.39 is 17.7 Å². The number of carbonyl (C=O) groups is 1. The smallest absolute Gasteiger partial charge is 0.344 e. The van der Waals surface area contributed by atoms with Gasteiger partial charge in [-0.1, -0.05) is 99.8 Å². The molecule has 0 bridgehead atoms. The quantitative estimate of drug-likeness (QED) is 0.176. The van der Waals surface area contributed by atoms with E-state index in [1.165, 1.54) is 32.1 Å². The van der Waals surface area contributed by atoms with Crippen LogP contribution in [0, 0.1) is 11.8 Å². The van der Waals surface area contributed by atoms with Gasteiger partial charge >= 0.3 is 5.97 Å². The number of hydrogen-bond donors (Lipinski definition) is 1. The van der Waals surface area contributed by atoms with E-state index in [1.54, 1.807) is 14.0 Å². The third-order valence-electron chi connectivity index (χ3n) is 6.39. The molecule has 2 atom stereocenters. The number of rotatable bonds is 15. The van der Waals surface area contributed by atoms with Crippen LogP contribution >= 0.6 is 0 Å². The van der Waals surface area contributed by atoms with Crippen molar-refractivity contribution in [3.63, 3.8) is 0 Å². The van der Waals surface area contributed by atoms with Gasteiger partial charge in [-0.3, -0.25) is 0 Å². The van der Waals surface area contributed by atoms with E-state index >= 15 is 0 Å². The standard InChI is InChI=1S/C30H42O4/c1-4-5-6-7-8-9-12-20-26(21-13-10-11-16-24-31)34-29(32)30(2,33-3)28-23-17-19-25-18-14-15-22-27(25)28/h14-15,17-19,22-23,26,31H,4-12,16,20,24H2,1-3H3/t26-,30+/m1/s1. The first-order chi connectivity index (χ1) is 16.6. The Morgan fingerprint density at radius 3 is 2.41 bits per heavy atom. The van der Waals surface area contributed by atoms with E-state index in [2.05, 4.69) is 18.8 Å². The Morgan fingerprint density at radius 2 is 1.68 bits per heavy atom. The zero-order valence-corrected chi connectivity index (χ0v) is 21.3. The Kier molecular flexibility index (Phi) is 12.7. The SMILES string of the molecule is CCCCCCCCC[C@H](C#CCCCCO)OC(=O)[C@@](C)(OC)c1cccc2ccccc12. The summed E-state index contributed by atoms with van der Waals surface area (Å²) in [4.78, 5) is 13.4. The van der Waals surface area contributed by atoms with Crippen molar-refractivity contribution in [1.82, 2.24) is 0 Å². The van der Waals surface area contributed by atoms with E-state index in [1.807, 2.05) is 42.5 Å². The number of fused-ring (bicyclic) bond motifs is 1. The van der Waals surface area contributed by atoms with Gasteiger partial charge in [-0.15, -0.1) is 0 Å². The monoisotopic (exact) mass is 466 g/mol. The van der Waals surface area contributed by atoms with Crippen LogP contribution in [-0.2, 0) is 19.9 Å². The van der Waals surface area contributed by atoms with Crippen LogP contribution in [0.2, 0.25) is 0 Å². The van der Waals surface area contributed by atoms with E-state index in [0.717, 1.165) is 48.4 Å². The number of hydrogen-bond acceptors (Lipinski definition) is 4. The maximum Gasteiger partial charge on any atom is 0.344 e. The molecule has 0 amide bonds. The van der Waals surface area contributed by atoms with Gasteiger partial charge in [0, 0.05) is 25.7 Å². The van der Waals surface area contributed by atoms with Crippen LogP contribution in [0.5, 0.6) is 0 Å². The first-order valence-corrected chi connectivity index (χ1v) is 12.9. The van der Waals surface area contributed by atoms with E-state index in [-0.39, 0.29) is 6.61 Å². The lowest BCUT2D eigenvalue weighted by atomic mass is 9.90. The second-order valence-electron chi connectivity index (χ2n) is 9.07. The molecular weight excluding hydrogens is 424 g/mol. The topological polar surface area (TPSA) is 55.8 Å². The van der Waals surface area contributed by atoms with Crippen LogP contribution in [-0.4, -0.2) is 30.9 Å². The zero-order valence-electron chi connectivity index (χ0n) is 21.3. The minimum atomic E-state index is -1.22. The molecular formula is C30H42O4. The van der Waals surface area contributed by atoms with Crippen molar-refractivity contribution in [3.8, 4) is 11.8 Å². The molecule has 1 N–H and O–H groups in total. The molecule has 0 aliphatic carbocycles. The second-order valence-corrected chi connectivity index (χ2v) is 9.07. The maximum absolute atomic E-state index is 13.4. The molecule has 2 aromatic rings. The van der Waals surface area contributed by atoms with E-state index in [9.17, 15) is 4.79 Å². The van der Waals surface area contributed by atoms with Gasteiger partial charge in [0.1, 0.15) is 0 Å². The fourth-order valence-electron chi connectivity index (χ4n) is 4.14. The van der Waals surface area contributed by atoms with E-state index in [4.69, 9.17) is 14.6 Å². The normalized spacial score (nSPS) is 13.6. The molecule has 2 aromatic carbocycles. The Morgan fingerprint density at radius 1 is 0.971 bits per heavy atom. The molecule has 0 aliphatic heterocycles. The van der Waals surface area contributed by atoms with Crippen molar-refractivity contribution in [3.05, 3.63) is 48.0 Å². The van der Waals surface area contributed by atoms with Gasteiger partial charge in [-0.2, -0.15) is 0 Å². The fourth-order valence-corrected chi connectivity index (χ4v) is 4.14. The molecule has 34 heavy (non-hydrogen) atoms. The average Bonchev–Trinajstić information content (AvgIpc) is 2.86. The summed E-state index contributed by atoms with van der Waals surface area (Å²) in [5.74, 6) is 5.92. The molecule has 0 unspecified atom stereocenters. The van der Waals surface area contributed by atoms with Crippen LogP contribution in [0.25, 0.3) is 10.8 Å². The molecule has 0 aromatic heterocycles. The van der Waals surface area contributed by atoms with Crippen LogP contribution in [0.3, 0.4) is 0 Å². The molecule has 4 nitrogen and oxygen atoms in total. The first-order valence-electron chi connectivity index (χ1n) is 12.9. The highest BCUT2D eigenvalue weighted by atomic mass is 16.6. The summed E-state index contributed by atoms with van der Waals surface area (Å²) in [6.07, 6.45) is 10.9. The van der Waals surface area contributed by atoms with Crippen LogP contribution in [0.15, 0.2) is 42.5 Å². The largest absolute Gasteiger partial charge is 0.447 e. The minimum absolute atomic E-state index is 0.176. The lowest BCUT2D eigenvalue weighted by molar-refractivity contribution is -0.171. The van der Waals surface area contributed by atoms with Gasteiger partial charge in [0.05, 0.1) is 0 Å². The summed E-state index contributed by atoms with van der Waals surface area (Å²) in [7, 11) is 1.55. The molecule has 0 fully saturated rings. The number of aliphatic hydroxyl groups is 1. The number of benzene rings is 2. The number of carbonyl (C=O) groups excluding carboxylic acids is 1. The summed E-state index contributed by atoms with van der Waals surface area (Å²) in [6.45, 7) is 4.18. The third kappa shape index (κ3) is 8.46. The first kappa shape index (κ1) is 27.9. The van der Waals surface area contributed by atoms with Crippen LogP contribution < -0.4 is 0 Å². The molecule has 4 heteroatoms. The van der Waals surface area contributed by atoms with Gasteiger partial charge in [-0.25, -0.2) is 4.79 Å². The summed E-state index contributed by atoms with van der Waals surface area (Å²) in [5.41, 5.74) is -0.429. The van der Waals surface area contributed by atoms with Crippen molar-refractivity contribution in [2.24, 2.45) is 0 Å². The zero-order chi connectivity index (χ0) is 24.7. The highest BCUT2D eigenvalue weighted by Gasteiger charge is 2.39. The predicted octanol–water partition coefficient (Wildman–Crippen LogP) is 6.92. The lowest BCUT2D eigenvalue weighted by Gasteiger charge is -2.29. The molecule has 0 heterocycles. The predicted molar refractivity (Wildman–Crippen MR) is 140 cm³/mol. The van der Waals surface area contributed by atoms with Gasteiger partial charge < -0.3 is 14.6 Å². The van der Waals surface area contributed by atoms with Gasteiger partial charge in [0.25, 0.3) is 0 Å². The number of ether oxygens (including phenoxy) is 2. The van der Waals surface area contributed by atoms with Gasteiger partial charge in [0.15, 0.2) is 11.7 Å². The maximum atomic E-state index is 13.4. The van der Waals surface area contributed by atoms with Crippen molar-refractivity contribution in [2.45, 2.75) is 96.2 Å². The van der Waals surface area contributed by atoms with Crippen LogP contribution in [0.4, 0.5) is 0 Å². The van der Waals surface area contributed by atoms with Crippen molar-refractivity contribution >= 4 is 16.7 Å². The van der Waals surface area contributed by atoms with Crippen molar-refractivity contribution in [1.29, 1.82) is 0 Å². The third-order valence-corrected chi connectivity index (χ3v) is 6.39. The highest BCUT2D eigenvalue weighted by Crippen LogP contribution is 2.33. The number of esters is 1. The summed E-state index contributed by atoms with van der Waals surface area (Å²) in [6, 6.07) is 13.9. The number of unbranched alkanes of at least 4 members (excludes halogenated alkanes) is 8. The van der Waals surface area contributed by atoms with Gasteiger partial charge in [0.2, 0.25) is 0 Å². The van der Waals surface area contributed by atoms with E-state index in [0.29, 0.717) is 6.42 Å². The average molecular weight is 467 g/mol. The Balaban J connectivity index is 2.10.